The number of rotatable bonds is 6. The van der Waals surface area contributed by atoms with Crippen LogP contribution in [-0.4, -0.2) is 25.3 Å². The second-order valence-corrected chi connectivity index (χ2v) is 3.45. The molecule has 92 valence electrons. The lowest BCUT2D eigenvalue weighted by Gasteiger charge is -2.06. The number of ether oxygens (including phenoxy) is 1. The highest BCUT2D eigenvalue weighted by Gasteiger charge is 2.08. The maximum Gasteiger partial charge on any atom is 0.308 e. The van der Waals surface area contributed by atoms with Crippen molar-refractivity contribution in [2.24, 2.45) is 10.9 Å². The molecule has 0 fully saturated rings. The SMILES string of the molecule is CO/N=C/C(N)CC(=O)OCc1ccccc1. The summed E-state index contributed by atoms with van der Waals surface area (Å²) in [6.45, 7) is 0.258. The molecule has 0 aliphatic carbocycles. The van der Waals surface area contributed by atoms with Gasteiger partial charge in [-0.15, -0.1) is 0 Å². The van der Waals surface area contributed by atoms with Crippen LogP contribution in [-0.2, 0) is 21.0 Å². The number of carbonyl (C=O) groups excluding carboxylic acids is 1. The summed E-state index contributed by atoms with van der Waals surface area (Å²) < 4.78 is 5.06. The number of carbonyl (C=O) groups is 1. The van der Waals surface area contributed by atoms with Gasteiger partial charge < -0.3 is 15.3 Å². The van der Waals surface area contributed by atoms with Crippen molar-refractivity contribution in [3.63, 3.8) is 0 Å². The molecule has 0 spiro atoms. The summed E-state index contributed by atoms with van der Waals surface area (Å²) in [7, 11) is 1.41. The van der Waals surface area contributed by atoms with Gasteiger partial charge in [-0.1, -0.05) is 35.5 Å². The highest BCUT2D eigenvalue weighted by Crippen LogP contribution is 2.02. The molecular formula is C12H16N2O3. The van der Waals surface area contributed by atoms with Crippen LogP contribution in [0.3, 0.4) is 0 Å². The van der Waals surface area contributed by atoms with Gasteiger partial charge in [0, 0.05) is 0 Å². The highest BCUT2D eigenvalue weighted by molar-refractivity contribution is 5.76. The van der Waals surface area contributed by atoms with Crippen LogP contribution < -0.4 is 5.73 Å². The monoisotopic (exact) mass is 236 g/mol. The van der Waals surface area contributed by atoms with Crippen LogP contribution in [0.1, 0.15) is 12.0 Å². The van der Waals surface area contributed by atoms with Gasteiger partial charge in [0.1, 0.15) is 13.7 Å². The Bertz CT molecular complexity index is 365. The minimum Gasteiger partial charge on any atom is -0.461 e. The van der Waals surface area contributed by atoms with Crippen molar-refractivity contribution in [2.75, 3.05) is 7.11 Å². The van der Waals surface area contributed by atoms with Gasteiger partial charge in [-0.05, 0) is 5.56 Å². The molecule has 1 aromatic rings. The van der Waals surface area contributed by atoms with E-state index in [-0.39, 0.29) is 19.0 Å². The number of nitrogens with two attached hydrogens (primary N) is 1. The summed E-state index contributed by atoms with van der Waals surface area (Å²) in [5.41, 5.74) is 6.54. The molecule has 2 N–H and O–H groups in total. The topological polar surface area (TPSA) is 73.9 Å². The van der Waals surface area contributed by atoms with E-state index in [1.807, 2.05) is 30.3 Å². The molecule has 0 aromatic heterocycles. The molecule has 0 aliphatic rings. The first-order valence-corrected chi connectivity index (χ1v) is 5.24. The first kappa shape index (κ1) is 13.2. The van der Waals surface area contributed by atoms with Gasteiger partial charge in [0.2, 0.25) is 0 Å². The number of hydrogen-bond donors (Lipinski definition) is 1. The summed E-state index contributed by atoms with van der Waals surface area (Å²) in [4.78, 5) is 15.8. The molecule has 0 saturated heterocycles. The van der Waals surface area contributed by atoms with Crippen LogP contribution in [0.4, 0.5) is 0 Å². The van der Waals surface area contributed by atoms with Gasteiger partial charge in [0.25, 0.3) is 0 Å². The van der Waals surface area contributed by atoms with Crippen molar-refractivity contribution in [2.45, 2.75) is 19.1 Å². The third-order valence-electron chi connectivity index (χ3n) is 2.00. The largest absolute Gasteiger partial charge is 0.461 e. The van der Waals surface area contributed by atoms with Crippen molar-refractivity contribution >= 4 is 12.2 Å². The summed E-state index contributed by atoms with van der Waals surface area (Å²) in [6.07, 6.45) is 1.45. The van der Waals surface area contributed by atoms with Crippen LogP contribution >= 0.6 is 0 Å². The summed E-state index contributed by atoms with van der Waals surface area (Å²) in [5, 5.41) is 3.49. The Morgan fingerprint density at radius 1 is 1.47 bits per heavy atom. The molecule has 0 radical (unpaired) electrons. The molecule has 0 heterocycles. The molecule has 5 nitrogen and oxygen atoms in total. The van der Waals surface area contributed by atoms with Crippen molar-refractivity contribution in [3.05, 3.63) is 35.9 Å². The molecule has 5 heteroatoms. The smallest absolute Gasteiger partial charge is 0.308 e. The Balaban J connectivity index is 2.28. The Kier molecular flexibility index (Phi) is 5.74. The van der Waals surface area contributed by atoms with E-state index in [4.69, 9.17) is 10.5 Å². The Morgan fingerprint density at radius 3 is 2.82 bits per heavy atom. The van der Waals surface area contributed by atoms with Crippen LogP contribution in [0.15, 0.2) is 35.5 Å². The fourth-order valence-electron chi connectivity index (χ4n) is 1.18. The van der Waals surface area contributed by atoms with E-state index in [9.17, 15) is 4.79 Å². The molecule has 0 saturated carbocycles. The van der Waals surface area contributed by atoms with Gasteiger partial charge >= 0.3 is 5.97 Å². The quantitative estimate of drug-likeness (QED) is 0.455. The lowest BCUT2D eigenvalue weighted by atomic mass is 10.2. The molecular weight excluding hydrogens is 220 g/mol. The van der Waals surface area contributed by atoms with Gasteiger partial charge in [-0.2, -0.15) is 0 Å². The molecule has 1 aromatic carbocycles. The summed E-state index contributed by atoms with van der Waals surface area (Å²) >= 11 is 0. The third-order valence-corrected chi connectivity index (χ3v) is 2.00. The molecule has 17 heavy (non-hydrogen) atoms. The zero-order valence-corrected chi connectivity index (χ0v) is 9.70. The fraction of sp³-hybridized carbons (Fsp3) is 0.333. The van der Waals surface area contributed by atoms with Crippen molar-refractivity contribution < 1.29 is 14.4 Å². The lowest BCUT2D eigenvalue weighted by Crippen LogP contribution is -2.26. The third kappa shape index (κ3) is 5.67. The number of oxime groups is 1. The second kappa shape index (κ2) is 7.40. The van der Waals surface area contributed by atoms with E-state index in [0.717, 1.165) is 5.56 Å². The van der Waals surface area contributed by atoms with Crippen LogP contribution in [0.2, 0.25) is 0 Å². The summed E-state index contributed by atoms with van der Waals surface area (Å²) in [5.74, 6) is -0.357. The first-order chi connectivity index (χ1) is 8.22. The van der Waals surface area contributed by atoms with Gasteiger partial charge in [-0.25, -0.2) is 0 Å². The fourth-order valence-corrected chi connectivity index (χ4v) is 1.18. The van der Waals surface area contributed by atoms with Crippen LogP contribution in [0, 0.1) is 0 Å². The molecule has 1 rings (SSSR count). The van der Waals surface area contributed by atoms with Crippen LogP contribution in [0.5, 0.6) is 0 Å². The average molecular weight is 236 g/mol. The number of benzene rings is 1. The van der Waals surface area contributed by atoms with Gasteiger partial charge in [0.05, 0.1) is 18.7 Å². The zero-order valence-electron chi connectivity index (χ0n) is 9.70. The maximum atomic E-state index is 11.4. The van der Waals surface area contributed by atoms with E-state index < -0.39 is 6.04 Å². The second-order valence-electron chi connectivity index (χ2n) is 3.45. The predicted octanol–water partition coefficient (Wildman–Crippen LogP) is 1.08. The number of hydrogen-bond acceptors (Lipinski definition) is 5. The van der Waals surface area contributed by atoms with Gasteiger partial charge in [-0.3, -0.25) is 4.79 Å². The first-order valence-electron chi connectivity index (χ1n) is 5.24. The van der Waals surface area contributed by atoms with E-state index >= 15 is 0 Å². The van der Waals surface area contributed by atoms with E-state index in [0.29, 0.717) is 0 Å². The Hall–Kier alpha value is -1.88. The van der Waals surface area contributed by atoms with Crippen molar-refractivity contribution in [3.8, 4) is 0 Å². The number of nitrogens with zero attached hydrogens (tertiary/aromatic N) is 1. The molecule has 0 bridgehead atoms. The lowest BCUT2D eigenvalue weighted by molar-refractivity contribution is -0.145. The minimum absolute atomic E-state index is 0.0830. The zero-order chi connectivity index (χ0) is 12.5. The van der Waals surface area contributed by atoms with E-state index in [1.165, 1.54) is 13.3 Å². The standard InChI is InChI=1S/C12H16N2O3/c1-16-14-8-11(13)7-12(15)17-9-10-5-3-2-4-6-10/h2-6,8,11H,7,9,13H2,1H3/b14-8+. The van der Waals surface area contributed by atoms with Gasteiger partial charge in [0.15, 0.2) is 0 Å². The maximum absolute atomic E-state index is 11.4. The van der Waals surface area contributed by atoms with Crippen molar-refractivity contribution in [1.82, 2.24) is 0 Å². The van der Waals surface area contributed by atoms with E-state index in [1.54, 1.807) is 0 Å². The van der Waals surface area contributed by atoms with Crippen LogP contribution in [0.25, 0.3) is 0 Å². The van der Waals surface area contributed by atoms with Crippen molar-refractivity contribution in [1.29, 1.82) is 0 Å². The predicted molar refractivity (Wildman–Crippen MR) is 64.3 cm³/mol. The molecule has 1 unspecified atom stereocenters. The highest BCUT2D eigenvalue weighted by atomic mass is 16.6. The Morgan fingerprint density at radius 2 is 2.18 bits per heavy atom. The Labute approximate surface area is 100 Å². The molecule has 0 amide bonds. The number of esters is 1. The molecule has 1 atom stereocenters. The van der Waals surface area contributed by atoms with E-state index in [2.05, 4.69) is 9.99 Å². The normalized spacial score (nSPS) is 12.4. The summed E-state index contributed by atoms with van der Waals surface area (Å²) in [6, 6.07) is 8.97. The molecule has 0 aliphatic heterocycles. The minimum atomic E-state index is -0.488. The average Bonchev–Trinajstić information content (AvgIpc) is 2.35.